The van der Waals surface area contributed by atoms with Crippen molar-refractivity contribution in [3.05, 3.63) is 187 Å². The number of benzene rings is 9. The van der Waals surface area contributed by atoms with Gasteiger partial charge < -0.3 is 4.90 Å². The molecule has 9 aromatic rings. The lowest BCUT2D eigenvalue weighted by molar-refractivity contribution is 0.663. The Hall–Kier alpha value is -6.18. The molecule has 0 unspecified atom stereocenters. The fourth-order valence-electron chi connectivity index (χ4n) is 8.20. The molecule has 0 spiro atoms. The summed E-state index contributed by atoms with van der Waals surface area (Å²) in [6.45, 7) is 4.67. The van der Waals surface area contributed by atoms with Crippen LogP contribution in [0.25, 0.3) is 65.3 Å². The minimum Gasteiger partial charge on any atom is -0.310 e. The summed E-state index contributed by atoms with van der Waals surface area (Å²) in [5, 5.41) is 9.46. The number of hydrogen-bond donors (Lipinski definition) is 0. The van der Waals surface area contributed by atoms with Gasteiger partial charge in [0.15, 0.2) is 0 Å². The molecule has 0 fully saturated rings. The van der Waals surface area contributed by atoms with Gasteiger partial charge in [-0.05, 0) is 132 Å². The zero-order valence-corrected chi connectivity index (χ0v) is 27.8. The molecule has 1 aliphatic rings. The highest BCUT2D eigenvalue weighted by Crippen LogP contribution is 2.52. The highest BCUT2D eigenvalue weighted by Gasteiger charge is 2.35. The fraction of sp³-hybridized carbons (Fsp3) is 0.0612. The van der Waals surface area contributed by atoms with Crippen LogP contribution in [0.3, 0.4) is 0 Å². The summed E-state index contributed by atoms with van der Waals surface area (Å²) in [6.07, 6.45) is 0. The number of rotatable bonds is 5. The largest absolute Gasteiger partial charge is 0.310 e. The van der Waals surface area contributed by atoms with Crippen molar-refractivity contribution in [2.24, 2.45) is 0 Å². The maximum atomic E-state index is 8.94. The second-order valence-corrected chi connectivity index (χ2v) is 13.8. The summed E-state index contributed by atoms with van der Waals surface area (Å²) in [6, 6.07) is 49.3. The average molecular weight is 643 g/mol. The SMILES string of the molecule is [2H]c1c([2H])c([2H])c(N(c2ccccc2)c2ccc(-c3cc4c5c(ccc6cc(-c7ccc8ccccc8c7)cc(c65)C4(C)C)c3)c3ccccc23)c([2H])c1[2H]. The van der Waals surface area contributed by atoms with E-state index in [9.17, 15) is 0 Å². The van der Waals surface area contributed by atoms with Crippen molar-refractivity contribution in [1.82, 2.24) is 0 Å². The van der Waals surface area contributed by atoms with Gasteiger partial charge in [0.1, 0.15) is 0 Å². The van der Waals surface area contributed by atoms with Crippen LogP contribution >= 0.6 is 0 Å². The van der Waals surface area contributed by atoms with Crippen molar-refractivity contribution in [1.29, 1.82) is 0 Å². The first-order chi connectivity index (χ1) is 26.6. The van der Waals surface area contributed by atoms with Crippen molar-refractivity contribution in [2.75, 3.05) is 4.90 Å². The van der Waals surface area contributed by atoms with E-state index >= 15 is 0 Å². The molecule has 9 aromatic carbocycles. The molecule has 50 heavy (non-hydrogen) atoms. The predicted octanol–water partition coefficient (Wildman–Crippen LogP) is 13.7. The number of hydrogen-bond acceptors (Lipinski definition) is 1. The van der Waals surface area contributed by atoms with Crippen LogP contribution in [0.2, 0.25) is 0 Å². The summed E-state index contributed by atoms with van der Waals surface area (Å²) < 4.78 is 43.1. The van der Waals surface area contributed by atoms with E-state index in [4.69, 9.17) is 6.85 Å². The lowest BCUT2D eigenvalue weighted by Crippen LogP contribution is -2.15. The molecule has 1 heteroatoms. The first kappa shape index (κ1) is 24.0. The van der Waals surface area contributed by atoms with Gasteiger partial charge in [-0.1, -0.05) is 129 Å². The maximum Gasteiger partial charge on any atom is 0.0645 e. The Balaban J connectivity index is 1.15. The van der Waals surface area contributed by atoms with E-state index in [1.165, 1.54) is 54.6 Å². The van der Waals surface area contributed by atoms with Gasteiger partial charge in [0.05, 0.1) is 12.5 Å². The van der Waals surface area contributed by atoms with Crippen LogP contribution in [0.5, 0.6) is 0 Å². The second-order valence-electron chi connectivity index (χ2n) is 13.8. The van der Waals surface area contributed by atoms with Gasteiger partial charge in [-0.3, -0.25) is 0 Å². The van der Waals surface area contributed by atoms with Crippen LogP contribution in [-0.4, -0.2) is 0 Å². The Morgan fingerprint density at radius 1 is 0.460 bits per heavy atom. The third kappa shape index (κ3) is 4.33. The van der Waals surface area contributed by atoms with Crippen molar-refractivity contribution in [2.45, 2.75) is 19.3 Å². The Bertz CT molecular complexity index is 3050. The van der Waals surface area contributed by atoms with Crippen molar-refractivity contribution in [3.8, 4) is 22.3 Å². The highest BCUT2D eigenvalue weighted by molar-refractivity contribution is 6.17. The van der Waals surface area contributed by atoms with Crippen LogP contribution in [0.15, 0.2) is 176 Å². The molecule has 0 amide bonds. The molecule has 10 rings (SSSR count). The lowest BCUT2D eigenvalue weighted by atomic mass is 9.79. The summed E-state index contributed by atoms with van der Waals surface area (Å²) >= 11 is 0. The highest BCUT2D eigenvalue weighted by atomic mass is 15.1. The Kier molecular flexibility index (Phi) is 5.25. The maximum absolute atomic E-state index is 8.94. The zero-order chi connectivity index (χ0) is 37.7. The molecule has 0 saturated carbocycles. The number of nitrogens with zero attached hydrogens (tertiary/aromatic N) is 1. The van der Waals surface area contributed by atoms with Gasteiger partial charge in [-0.15, -0.1) is 0 Å². The molecule has 1 aliphatic carbocycles. The van der Waals surface area contributed by atoms with Gasteiger partial charge in [-0.25, -0.2) is 0 Å². The smallest absolute Gasteiger partial charge is 0.0645 e. The van der Waals surface area contributed by atoms with Crippen molar-refractivity contribution >= 4 is 60.2 Å². The predicted molar refractivity (Wildman–Crippen MR) is 214 cm³/mol. The number of fused-ring (bicyclic) bond motifs is 2. The van der Waals surface area contributed by atoms with Crippen LogP contribution in [-0.2, 0) is 5.41 Å². The van der Waals surface area contributed by atoms with Crippen molar-refractivity contribution in [3.63, 3.8) is 0 Å². The van der Waals surface area contributed by atoms with E-state index in [1.54, 1.807) is 4.90 Å². The minimum absolute atomic E-state index is 0.112. The number of para-hydroxylation sites is 2. The molecule has 0 atom stereocenters. The lowest BCUT2D eigenvalue weighted by Gasteiger charge is -2.27. The fourth-order valence-corrected chi connectivity index (χ4v) is 8.20. The molecule has 0 aliphatic heterocycles. The van der Waals surface area contributed by atoms with Crippen LogP contribution in [0.1, 0.15) is 31.8 Å². The van der Waals surface area contributed by atoms with E-state index in [-0.39, 0.29) is 35.3 Å². The summed E-state index contributed by atoms with van der Waals surface area (Å²) in [7, 11) is 0. The van der Waals surface area contributed by atoms with E-state index in [0.717, 1.165) is 27.6 Å². The average Bonchev–Trinajstić information content (AvgIpc) is 3.45. The van der Waals surface area contributed by atoms with E-state index in [2.05, 4.69) is 111 Å². The third-order valence-electron chi connectivity index (χ3n) is 10.6. The third-order valence-corrected chi connectivity index (χ3v) is 10.6. The van der Waals surface area contributed by atoms with Gasteiger partial charge in [0.2, 0.25) is 0 Å². The molecule has 0 bridgehead atoms. The van der Waals surface area contributed by atoms with E-state index < -0.39 is 6.04 Å². The summed E-state index contributed by atoms with van der Waals surface area (Å²) in [4.78, 5) is 1.80. The summed E-state index contributed by atoms with van der Waals surface area (Å²) in [5.41, 5.74) is 8.53. The molecular formula is C49H35N. The molecule has 0 saturated heterocycles. The Morgan fingerprint density at radius 2 is 1.06 bits per heavy atom. The molecule has 1 nitrogen and oxygen atoms in total. The standard InChI is InChI=1S/C49H35N/c1-49(2)44-30-37(34-22-21-32-13-9-10-14-33(32)27-34)28-35-23-24-36-29-38(31-45(49)48(36)47(35)44)41-25-26-46(43-20-12-11-19-42(41)43)50(39-15-5-3-6-16-39)40-17-7-4-8-18-40/h3-31H,1-2H3/i3D,5D,6D,15D,16D. The first-order valence-corrected chi connectivity index (χ1v) is 17.1. The van der Waals surface area contributed by atoms with Crippen molar-refractivity contribution < 1.29 is 6.85 Å². The van der Waals surface area contributed by atoms with Crippen LogP contribution < -0.4 is 4.90 Å². The summed E-state index contributed by atoms with van der Waals surface area (Å²) in [5.74, 6) is 0. The van der Waals surface area contributed by atoms with Gasteiger partial charge in [-0.2, -0.15) is 0 Å². The van der Waals surface area contributed by atoms with Gasteiger partial charge >= 0.3 is 0 Å². The second kappa shape index (κ2) is 10.9. The first-order valence-electron chi connectivity index (χ1n) is 19.6. The minimum atomic E-state index is -0.413. The van der Waals surface area contributed by atoms with E-state index in [1.807, 2.05) is 48.5 Å². The van der Waals surface area contributed by atoms with Crippen LogP contribution in [0.4, 0.5) is 17.1 Å². The van der Waals surface area contributed by atoms with Gasteiger partial charge in [0.25, 0.3) is 0 Å². The molecular weight excluding hydrogens is 603 g/mol. The monoisotopic (exact) mass is 642 g/mol. The quantitative estimate of drug-likeness (QED) is 0.169. The topological polar surface area (TPSA) is 3.24 Å². The Morgan fingerprint density at radius 3 is 1.82 bits per heavy atom. The molecule has 0 N–H and O–H groups in total. The number of anilines is 3. The Labute approximate surface area is 299 Å². The molecule has 236 valence electrons. The van der Waals surface area contributed by atoms with Gasteiger partial charge in [0, 0.05) is 22.2 Å². The normalized spacial score (nSPS) is 14.6. The van der Waals surface area contributed by atoms with Crippen LogP contribution in [0, 0.1) is 0 Å². The molecule has 0 heterocycles. The zero-order valence-electron chi connectivity index (χ0n) is 32.8. The van der Waals surface area contributed by atoms with E-state index in [0.29, 0.717) is 5.69 Å². The molecule has 0 aromatic heterocycles. The molecule has 0 radical (unpaired) electrons.